The summed E-state index contributed by atoms with van der Waals surface area (Å²) in [6.07, 6.45) is 1.80. The summed E-state index contributed by atoms with van der Waals surface area (Å²) in [4.78, 5) is 16.3. The lowest BCUT2D eigenvalue weighted by Gasteiger charge is -2.09. The van der Waals surface area contributed by atoms with E-state index < -0.39 is 0 Å². The molecular weight excluding hydrogens is 333 g/mol. The average molecular weight is 351 g/mol. The van der Waals surface area contributed by atoms with Crippen molar-refractivity contribution in [2.45, 2.75) is 6.42 Å². The number of rotatable bonds is 6. The molecule has 0 aliphatic heterocycles. The summed E-state index contributed by atoms with van der Waals surface area (Å²) >= 11 is 0. The summed E-state index contributed by atoms with van der Waals surface area (Å²) in [6, 6.07) is 16.9. The number of carbonyl (C=O) groups excluding carboxylic acids is 1. The summed E-state index contributed by atoms with van der Waals surface area (Å²) in [6.45, 7) is 0. The van der Waals surface area contributed by atoms with E-state index in [-0.39, 0.29) is 18.1 Å². The van der Waals surface area contributed by atoms with Crippen molar-refractivity contribution in [2.24, 2.45) is 0 Å². The topological polar surface area (TPSA) is 63.2 Å². The molecule has 0 aliphatic rings. The molecule has 0 saturated carbocycles. The van der Waals surface area contributed by atoms with Crippen LogP contribution in [-0.2, 0) is 11.2 Å². The van der Waals surface area contributed by atoms with E-state index >= 15 is 0 Å². The maximum atomic E-state index is 12.9. The minimum atomic E-state index is -0.323. The minimum Gasteiger partial charge on any atom is -0.497 e. The molecule has 0 unspecified atom stereocenters. The van der Waals surface area contributed by atoms with Crippen molar-refractivity contribution < 1.29 is 13.9 Å². The van der Waals surface area contributed by atoms with Crippen molar-refractivity contribution in [3.8, 4) is 5.75 Å². The van der Waals surface area contributed by atoms with E-state index in [1.807, 2.05) is 30.3 Å². The van der Waals surface area contributed by atoms with Crippen LogP contribution in [0.25, 0.3) is 0 Å². The molecule has 3 aromatic rings. The largest absolute Gasteiger partial charge is 0.497 e. The fourth-order valence-electron chi connectivity index (χ4n) is 2.36. The number of carbonyl (C=O) groups is 1. The highest BCUT2D eigenvalue weighted by atomic mass is 19.1. The van der Waals surface area contributed by atoms with E-state index in [1.54, 1.807) is 31.5 Å². The maximum absolute atomic E-state index is 12.9. The molecule has 26 heavy (non-hydrogen) atoms. The maximum Gasteiger partial charge on any atom is 0.229 e. The first-order chi connectivity index (χ1) is 12.6. The summed E-state index contributed by atoms with van der Waals surface area (Å²) < 4.78 is 18.0. The van der Waals surface area contributed by atoms with Crippen LogP contribution in [-0.4, -0.2) is 18.0 Å². The lowest BCUT2D eigenvalue weighted by molar-refractivity contribution is -0.115. The van der Waals surface area contributed by atoms with Gasteiger partial charge in [0.25, 0.3) is 0 Å². The molecule has 3 rings (SSSR count). The molecule has 0 saturated heterocycles. The Balaban J connectivity index is 1.56. The Bertz CT molecular complexity index is 863. The van der Waals surface area contributed by atoms with Crippen LogP contribution in [0.1, 0.15) is 5.56 Å². The molecule has 0 atom stereocenters. The Labute approximate surface area is 150 Å². The first-order valence-corrected chi connectivity index (χ1v) is 8.04. The zero-order valence-corrected chi connectivity index (χ0v) is 14.2. The standard InChI is InChI=1S/C20H18FN3O2/c1-26-18-9-6-16(7-10-18)23-17-8-11-19(22-13-17)24-20(25)12-14-2-4-15(21)5-3-14/h2-11,13,23H,12H2,1H3,(H,22,24,25). The average Bonchev–Trinajstić information content (AvgIpc) is 2.66. The smallest absolute Gasteiger partial charge is 0.229 e. The number of halogens is 1. The zero-order valence-electron chi connectivity index (χ0n) is 14.2. The third-order valence-electron chi connectivity index (χ3n) is 3.69. The second kappa shape index (κ2) is 8.11. The van der Waals surface area contributed by atoms with Crippen molar-refractivity contribution in [2.75, 3.05) is 17.7 Å². The van der Waals surface area contributed by atoms with Crippen LogP contribution in [0.2, 0.25) is 0 Å². The van der Waals surface area contributed by atoms with Gasteiger partial charge in [-0.25, -0.2) is 9.37 Å². The first-order valence-electron chi connectivity index (χ1n) is 8.04. The van der Waals surface area contributed by atoms with Gasteiger partial charge in [0.2, 0.25) is 5.91 Å². The Kier molecular flexibility index (Phi) is 5.43. The molecule has 0 aliphatic carbocycles. The van der Waals surface area contributed by atoms with Crippen LogP contribution in [0.5, 0.6) is 5.75 Å². The number of hydrogen-bond acceptors (Lipinski definition) is 4. The van der Waals surface area contributed by atoms with Gasteiger partial charge >= 0.3 is 0 Å². The van der Waals surface area contributed by atoms with Crippen molar-refractivity contribution in [3.05, 3.63) is 78.2 Å². The van der Waals surface area contributed by atoms with Crippen LogP contribution in [0, 0.1) is 5.82 Å². The summed E-state index contributed by atoms with van der Waals surface area (Å²) in [7, 11) is 1.62. The summed E-state index contributed by atoms with van der Waals surface area (Å²) in [5.41, 5.74) is 2.44. The third-order valence-corrected chi connectivity index (χ3v) is 3.69. The van der Waals surface area contributed by atoms with Gasteiger partial charge in [0.15, 0.2) is 0 Å². The van der Waals surface area contributed by atoms with Gasteiger partial charge in [-0.1, -0.05) is 12.1 Å². The van der Waals surface area contributed by atoms with E-state index in [2.05, 4.69) is 15.6 Å². The molecule has 1 amide bonds. The van der Waals surface area contributed by atoms with Crippen LogP contribution in [0.15, 0.2) is 66.9 Å². The molecule has 1 heterocycles. The summed E-state index contributed by atoms with van der Waals surface area (Å²) in [5.74, 6) is 0.709. The molecule has 6 heteroatoms. The van der Waals surface area contributed by atoms with Crippen molar-refractivity contribution in [3.63, 3.8) is 0 Å². The summed E-state index contributed by atoms with van der Waals surface area (Å²) in [5, 5.41) is 5.94. The molecule has 0 spiro atoms. The number of nitrogens with zero attached hydrogens (tertiary/aromatic N) is 1. The molecule has 132 valence electrons. The predicted molar refractivity (Wildman–Crippen MR) is 99.2 cm³/mol. The SMILES string of the molecule is COc1ccc(Nc2ccc(NC(=O)Cc3ccc(F)cc3)nc2)cc1. The molecule has 1 aromatic heterocycles. The van der Waals surface area contributed by atoms with E-state index in [4.69, 9.17) is 4.74 Å². The second-order valence-corrected chi connectivity index (χ2v) is 5.64. The van der Waals surface area contributed by atoms with Gasteiger partial charge in [-0.05, 0) is 54.1 Å². The van der Waals surface area contributed by atoms with Gasteiger partial charge in [-0.3, -0.25) is 4.79 Å². The number of hydrogen-bond donors (Lipinski definition) is 2. The Hall–Kier alpha value is -3.41. The third kappa shape index (κ3) is 4.80. The van der Waals surface area contributed by atoms with E-state index in [0.29, 0.717) is 5.82 Å². The highest BCUT2D eigenvalue weighted by Gasteiger charge is 2.05. The van der Waals surface area contributed by atoms with Gasteiger partial charge in [0, 0.05) is 5.69 Å². The van der Waals surface area contributed by atoms with Gasteiger partial charge < -0.3 is 15.4 Å². The van der Waals surface area contributed by atoms with Crippen LogP contribution >= 0.6 is 0 Å². The highest BCUT2D eigenvalue weighted by molar-refractivity contribution is 5.91. The second-order valence-electron chi connectivity index (χ2n) is 5.64. The molecular formula is C20H18FN3O2. The van der Waals surface area contributed by atoms with E-state index in [1.165, 1.54) is 12.1 Å². The van der Waals surface area contributed by atoms with Gasteiger partial charge in [0.1, 0.15) is 17.4 Å². The van der Waals surface area contributed by atoms with Crippen molar-refractivity contribution >= 4 is 23.1 Å². The Morgan fingerprint density at radius 3 is 2.31 bits per heavy atom. The van der Waals surface area contributed by atoms with Crippen molar-refractivity contribution in [1.82, 2.24) is 4.98 Å². The number of pyridine rings is 1. The number of amides is 1. The number of benzene rings is 2. The van der Waals surface area contributed by atoms with Gasteiger partial charge in [0.05, 0.1) is 25.4 Å². The van der Waals surface area contributed by atoms with Gasteiger partial charge in [-0.15, -0.1) is 0 Å². The molecule has 0 radical (unpaired) electrons. The normalized spacial score (nSPS) is 10.2. The Morgan fingerprint density at radius 1 is 1.00 bits per heavy atom. The lowest BCUT2D eigenvalue weighted by Crippen LogP contribution is -2.15. The van der Waals surface area contributed by atoms with E-state index in [9.17, 15) is 9.18 Å². The highest BCUT2D eigenvalue weighted by Crippen LogP contribution is 2.20. The number of anilines is 3. The quantitative estimate of drug-likeness (QED) is 0.700. The molecule has 0 bridgehead atoms. The number of nitrogens with one attached hydrogen (secondary N) is 2. The lowest BCUT2D eigenvalue weighted by atomic mass is 10.1. The van der Waals surface area contributed by atoms with Crippen LogP contribution in [0.4, 0.5) is 21.6 Å². The molecule has 2 N–H and O–H groups in total. The fourth-order valence-corrected chi connectivity index (χ4v) is 2.36. The predicted octanol–water partition coefficient (Wildman–Crippen LogP) is 4.15. The number of ether oxygens (including phenoxy) is 1. The monoisotopic (exact) mass is 351 g/mol. The minimum absolute atomic E-state index is 0.161. The fraction of sp³-hybridized carbons (Fsp3) is 0.100. The van der Waals surface area contributed by atoms with E-state index in [0.717, 1.165) is 22.7 Å². The first kappa shape index (κ1) is 17.4. The zero-order chi connectivity index (χ0) is 18.4. The van der Waals surface area contributed by atoms with Crippen LogP contribution in [0.3, 0.4) is 0 Å². The van der Waals surface area contributed by atoms with Crippen molar-refractivity contribution in [1.29, 1.82) is 0 Å². The Morgan fingerprint density at radius 2 is 1.69 bits per heavy atom. The van der Waals surface area contributed by atoms with Gasteiger partial charge in [-0.2, -0.15) is 0 Å². The van der Waals surface area contributed by atoms with Crippen LogP contribution < -0.4 is 15.4 Å². The number of methoxy groups -OCH3 is 1. The molecule has 2 aromatic carbocycles. The number of aromatic nitrogens is 1. The molecule has 0 fully saturated rings. The molecule has 5 nitrogen and oxygen atoms in total.